The highest BCUT2D eigenvalue weighted by Gasteiger charge is 2.30. The molecule has 0 spiro atoms. The first-order valence-electron chi connectivity index (χ1n) is 8.00. The molecule has 10 nitrogen and oxygen atoms in total. The van der Waals surface area contributed by atoms with Crippen LogP contribution >= 0.6 is 0 Å². The van der Waals surface area contributed by atoms with Crippen molar-refractivity contribution < 1.29 is 14.7 Å². The van der Waals surface area contributed by atoms with Crippen LogP contribution in [-0.2, 0) is 11.8 Å². The largest absolute Gasteiger partial charge is 0.391 e. The van der Waals surface area contributed by atoms with Crippen molar-refractivity contribution in [1.29, 1.82) is 0 Å². The molecule has 3 rings (SSSR count). The molecule has 1 fully saturated rings. The number of piperidine rings is 1. The Morgan fingerprint density at radius 3 is 3.00 bits per heavy atom. The minimum atomic E-state index is -0.651. The Morgan fingerprint density at radius 1 is 1.48 bits per heavy atom. The Hall–Kier alpha value is -2.72. The van der Waals surface area contributed by atoms with Crippen LogP contribution in [0.25, 0.3) is 0 Å². The number of nitrogens with one attached hydrogen (secondary N) is 3. The molecule has 0 saturated carbocycles. The van der Waals surface area contributed by atoms with E-state index < -0.39 is 12.1 Å². The number of carbonyl (C=O) groups is 2. The SMILES string of the molecule is Cn1ccc(NC(=O)CN2CC[C@H](O)[C@H](NC(=O)c3cnc[nH]3)C2)n1. The highest BCUT2D eigenvalue weighted by Crippen LogP contribution is 2.12. The molecule has 2 aromatic rings. The summed E-state index contributed by atoms with van der Waals surface area (Å²) in [6, 6.07) is 1.26. The minimum absolute atomic E-state index is 0.166. The Morgan fingerprint density at radius 2 is 2.32 bits per heavy atom. The van der Waals surface area contributed by atoms with Gasteiger partial charge in [-0.2, -0.15) is 5.10 Å². The van der Waals surface area contributed by atoms with Gasteiger partial charge in [0.1, 0.15) is 5.69 Å². The average Bonchev–Trinajstić information content (AvgIpc) is 3.22. The predicted octanol–water partition coefficient (Wildman–Crippen LogP) is -1.05. The topological polar surface area (TPSA) is 128 Å². The van der Waals surface area contributed by atoms with Gasteiger partial charge in [0, 0.05) is 32.4 Å². The summed E-state index contributed by atoms with van der Waals surface area (Å²) >= 11 is 0. The van der Waals surface area contributed by atoms with Crippen LogP contribution in [0.4, 0.5) is 5.82 Å². The van der Waals surface area contributed by atoms with E-state index in [-0.39, 0.29) is 18.4 Å². The number of hydrogen-bond donors (Lipinski definition) is 4. The minimum Gasteiger partial charge on any atom is -0.391 e. The monoisotopic (exact) mass is 347 g/mol. The van der Waals surface area contributed by atoms with Crippen LogP contribution in [0.1, 0.15) is 16.9 Å². The molecule has 2 aromatic heterocycles. The van der Waals surface area contributed by atoms with Gasteiger partial charge in [0.25, 0.3) is 5.91 Å². The second kappa shape index (κ2) is 7.45. The lowest BCUT2D eigenvalue weighted by Crippen LogP contribution is -2.56. The molecule has 4 N–H and O–H groups in total. The third-order valence-electron chi connectivity index (χ3n) is 4.07. The molecule has 2 atom stereocenters. The molecule has 10 heteroatoms. The molecule has 1 saturated heterocycles. The maximum Gasteiger partial charge on any atom is 0.269 e. The highest BCUT2D eigenvalue weighted by molar-refractivity contribution is 5.92. The van der Waals surface area contributed by atoms with Crippen molar-refractivity contribution in [2.75, 3.05) is 25.0 Å². The van der Waals surface area contributed by atoms with Gasteiger partial charge in [0.2, 0.25) is 5.91 Å². The van der Waals surface area contributed by atoms with Crippen LogP contribution in [0, 0.1) is 0 Å². The van der Waals surface area contributed by atoms with Crippen molar-refractivity contribution in [2.24, 2.45) is 7.05 Å². The Kier molecular flexibility index (Phi) is 5.10. The van der Waals surface area contributed by atoms with E-state index in [0.717, 1.165) is 0 Å². The van der Waals surface area contributed by atoms with Gasteiger partial charge in [0.05, 0.1) is 31.2 Å². The summed E-state index contributed by atoms with van der Waals surface area (Å²) in [6.07, 6.45) is 4.41. The van der Waals surface area contributed by atoms with Crippen LogP contribution in [0.5, 0.6) is 0 Å². The van der Waals surface area contributed by atoms with Crippen LogP contribution < -0.4 is 10.6 Å². The molecule has 0 unspecified atom stereocenters. The summed E-state index contributed by atoms with van der Waals surface area (Å²) in [4.78, 5) is 32.6. The smallest absolute Gasteiger partial charge is 0.269 e. The van der Waals surface area contributed by atoms with Crippen LogP contribution in [0.3, 0.4) is 0 Å². The number of imidazole rings is 1. The van der Waals surface area contributed by atoms with E-state index in [1.54, 1.807) is 24.0 Å². The van der Waals surface area contributed by atoms with Crippen molar-refractivity contribution in [3.8, 4) is 0 Å². The maximum atomic E-state index is 12.1. The second-order valence-corrected chi connectivity index (χ2v) is 6.06. The summed E-state index contributed by atoms with van der Waals surface area (Å²) in [7, 11) is 1.77. The number of carbonyl (C=O) groups excluding carboxylic acids is 2. The fraction of sp³-hybridized carbons (Fsp3) is 0.467. The lowest BCUT2D eigenvalue weighted by atomic mass is 10.0. The van der Waals surface area contributed by atoms with Crippen LogP contribution in [0.2, 0.25) is 0 Å². The maximum absolute atomic E-state index is 12.1. The van der Waals surface area contributed by atoms with Crippen LogP contribution in [-0.4, -0.2) is 73.3 Å². The van der Waals surface area contributed by atoms with E-state index >= 15 is 0 Å². The number of aryl methyl sites for hydroxylation is 1. The number of H-pyrrole nitrogens is 1. The fourth-order valence-corrected chi connectivity index (χ4v) is 2.79. The van der Waals surface area contributed by atoms with Crippen molar-refractivity contribution in [3.63, 3.8) is 0 Å². The van der Waals surface area contributed by atoms with Crippen molar-refractivity contribution in [2.45, 2.75) is 18.6 Å². The number of aromatic amines is 1. The number of anilines is 1. The number of aromatic nitrogens is 4. The zero-order chi connectivity index (χ0) is 17.8. The third kappa shape index (κ3) is 4.43. The average molecular weight is 347 g/mol. The van der Waals surface area contributed by atoms with E-state index in [0.29, 0.717) is 31.0 Å². The zero-order valence-corrected chi connectivity index (χ0v) is 13.8. The quantitative estimate of drug-likeness (QED) is 0.546. The number of aliphatic hydroxyl groups excluding tert-OH is 1. The second-order valence-electron chi connectivity index (χ2n) is 6.06. The van der Waals surface area contributed by atoms with Crippen molar-refractivity contribution in [3.05, 3.63) is 30.5 Å². The van der Waals surface area contributed by atoms with Gasteiger partial charge in [-0.25, -0.2) is 4.98 Å². The number of hydrogen-bond acceptors (Lipinski definition) is 6. The lowest BCUT2D eigenvalue weighted by molar-refractivity contribution is -0.118. The van der Waals surface area contributed by atoms with Gasteiger partial charge in [0.15, 0.2) is 5.82 Å². The molecule has 1 aliphatic rings. The zero-order valence-electron chi connectivity index (χ0n) is 13.8. The predicted molar refractivity (Wildman–Crippen MR) is 88.7 cm³/mol. The first-order valence-corrected chi connectivity index (χ1v) is 8.00. The molecule has 0 aliphatic carbocycles. The Labute approximate surface area is 144 Å². The van der Waals surface area contributed by atoms with Gasteiger partial charge in [-0.15, -0.1) is 0 Å². The summed E-state index contributed by atoms with van der Waals surface area (Å²) in [5, 5.41) is 19.7. The van der Waals surface area contributed by atoms with E-state index in [4.69, 9.17) is 0 Å². The van der Waals surface area contributed by atoms with Gasteiger partial charge in [-0.3, -0.25) is 19.2 Å². The summed E-state index contributed by atoms with van der Waals surface area (Å²) in [5.41, 5.74) is 0.331. The molecular weight excluding hydrogens is 326 g/mol. The number of likely N-dealkylation sites (tertiary alicyclic amines) is 1. The molecule has 0 bridgehead atoms. The summed E-state index contributed by atoms with van der Waals surface area (Å²) in [5.74, 6) is -0.0243. The van der Waals surface area contributed by atoms with Gasteiger partial charge >= 0.3 is 0 Å². The van der Waals surface area contributed by atoms with E-state index in [1.807, 2.05) is 4.90 Å². The number of amides is 2. The lowest BCUT2D eigenvalue weighted by Gasteiger charge is -2.35. The molecule has 134 valence electrons. The first-order chi connectivity index (χ1) is 12.0. The van der Waals surface area contributed by atoms with Gasteiger partial charge < -0.3 is 20.7 Å². The molecular formula is C15H21N7O3. The molecule has 0 aromatic carbocycles. The van der Waals surface area contributed by atoms with Gasteiger partial charge in [-0.1, -0.05) is 0 Å². The van der Waals surface area contributed by atoms with Gasteiger partial charge in [-0.05, 0) is 6.42 Å². The van der Waals surface area contributed by atoms with E-state index in [1.165, 1.54) is 12.5 Å². The molecule has 2 amide bonds. The number of rotatable bonds is 5. The van der Waals surface area contributed by atoms with Crippen LogP contribution in [0.15, 0.2) is 24.8 Å². The summed E-state index contributed by atoms with van der Waals surface area (Å²) in [6.45, 7) is 1.13. The van der Waals surface area contributed by atoms with Crippen molar-refractivity contribution >= 4 is 17.6 Å². The van der Waals surface area contributed by atoms with E-state index in [2.05, 4.69) is 25.7 Å². The van der Waals surface area contributed by atoms with E-state index in [9.17, 15) is 14.7 Å². The standard InChI is InChI=1S/C15H21N7O3/c1-21-4-3-13(20-21)19-14(24)8-22-5-2-12(23)11(7-22)18-15(25)10-6-16-9-17-10/h3-4,6,9,11-12,23H,2,5,7-8H2,1H3,(H,16,17)(H,18,25)(H,19,20,24)/t11-,12+/m1/s1. The normalized spacial score (nSPS) is 21.0. The molecule has 0 radical (unpaired) electrons. The number of nitrogens with zero attached hydrogens (tertiary/aromatic N) is 4. The Bertz CT molecular complexity index is 727. The fourth-order valence-electron chi connectivity index (χ4n) is 2.79. The number of aliphatic hydroxyl groups is 1. The molecule has 1 aliphatic heterocycles. The Balaban J connectivity index is 1.53. The molecule has 25 heavy (non-hydrogen) atoms. The van der Waals surface area contributed by atoms with Crippen molar-refractivity contribution in [1.82, 2.24) is 30.0 Å². The summed E-state index contributed by atoms with van der Waals surface area (Å²) < 4.78 is 1.61. The third-order valence-corrected chi connectivity index (χ3v) is 4.07. The first kappa shape index (κ1) is 17.1. The molecule has 3 heterocycles. The highest BCUT2D eigenvalue weighted by atomic mass is 16.3.